The zero-order valence-corrected chi connectivity index (χ0v) is 6.42. The molecule has 0 amide bonds. The third-order valence-electron chi connectivity index (χ3n) is 1.02. The molecule has 0 N–H and O–H groups in total. The van der Waals surface area contributed by atoms with Gasteiger partial charge in [-0.25, -0.2) is 0 Å². The van der Waals surface area contributed by atoms with Crippen molar-refractivity contribution in [2.45, 2.75) is 19.8 Å². The molecular weight excluding hydrogens is 144 g/mol. The van der Waals surface area contributed by atoms with Gasteiger partial charge in [-0.15, -0.1) is 6.42 Å². The Morgan fingerprint density at radius 1 is 1.45 bits per heavy atom. The zero-order valence-electron chi connectivity index (χ0n) is 6.42. The van der Waals surface area contributed by atoms with Crippen LogP contribution in [0.25, 0.3) is 0 Å². The van der Waals surface area contributed by atoms with Gasteiger partial charge in [0.25, 0.3) is 0 Å². The summed E-state index contributed by atoms with van der Waals surface area (Å²) in [6.07, 6.45) is 4.94. The Morgan fingerprint density at radius 2 is 2.09 bits per heavy atom. The largest absolute Gasteiger partial charge is 0.466 e. The average Bonchev–Trinajstić information content (AvgIpc) is 2.01. The first-order valence-corrected chi connectivity index (χ1v) is 3.35. The van der Waals surface area contributed by atoms with E-state index in [0.29, 0.717) is 6.61 Å². The van der Waals surface area contributed by atoms with Gasteiger partial charge in [-0.05, 0) is 12.8 Å². The lowest BCUT2D eigenvalue weighted by Gasteiger charge is -1.97. The molecule has 0 saturated heterocycles. The van der Waals surface area contributed by atoms with Crippen LogP contribution in [-0.2, 0) is 14.3 Å². The number of ether oxygens (including phenoxy) is 1. The van der Waals surface area contributed by atoms with E-state index in [2.05, 4.69) is 4.74 Å². The summed E-state index contributed by atoms with van der Waals surface area (Å²) in [5, 5.41) is 0. The molecule has 0 rings (SSSR count). The lowest BCUT2D eigenvalue weighted by molar-refractivity contribution is -0.144. The van der Waals surface area contributed by atoms with E-state index >= 15 is 0 Å². The number of esters is 1. The lowest BCUT2D eigenvalue weighted by Crippen LogP contribution is -2.06. The number of carbonyl (C=O) groups excluding carboxylic acids is 2. The average molecular weight is 154 g/mol. The molecule has 0 aromatic carbocycles. The number of rotatable bonds is 4. The van der Waals surface area contributed by atoms with Gasteiger partial charge in [0.2, 0.25) is 5.78 Å². The number of hydrogen-bond donors (Lipinski definition) is 0. The summed E-state index contributed by atoms with van der Waals surface area (Å²) in [6.45, 7) is 2.05. The second-order valence-corrected chi connectivity index (χ2v) is 1.87. The fourth-order valence-corrected chi connectivity index (χ4v) is 0.521. The van der Waals surface area contributed by atoms with E-state index < -0.39 is 0 Å². The Hall–Kier alpha value is -1.30. The topological polar surface area (TPSA) is 43.4 Å². The first-order chi connectivity index (χ1) is 5.20. The van der Waals surface area contributed by atoms with Crippen molar-refractivity contribution in [2.75, 3.05) is 6.61 Å². The maximum Gasteiger partial charge on any atom is 0.306 e. The monoisotopic (exact) mass is 154 g/mol. The molecule has 0 atom stereocenters. The van der Waals surface area contributed by atoms with Crippen molar-refractivity contribution in [2.24, 2.45) is 0 Å². The summed E-state index contributed by atoms with van der Waals surface area (Å²) in [5.41, 5.74) is 0. The molecule has 0 aromatic heterocycles. The molecule has 0 heterocycles. The van der Waals surface area contributed by atoms with Crippen LogP contribution in [0.5, 0.6) is 0 Å². The quantitative estimate of drug-likeness (QED) is 0.337. The Kier molecular flexibility index (Phi) is 4.83. The fourth-order valence-electron chi connectivity index (χ4n) is 0.521. The second-order valence-electron chi connectivity index (χ2n) is 1.87. The number of hydrogen-bond acceptors (Lipinski definition) is 3. The van der Waals surface area contributed by atoms with Gasteiger partial charge in [-0.2, -0.15) is 0 Å². The van der Waals surface area contributed by atoms with Crippen LogP contribution in [0.15, 0.2) is 0 Å². The van der Waals surface area contributed by atoms with Crippen LogP contribution in [0.3, 0.4) is 0 Å². The van der Waals surface area contributed by atoms with Crippen molar-refractivity contribution in [3.63, 3.8) is 0 Å². The Morgan fingerprint density at radius 3 is 2.55 bits per heavy atom. The molecule has 0 bridgehead atoms. The van der Waals surface area contributed by atoms with Gasteiger partial charge in [0.1, 0.15) is 0 Å². The van der Waals surface area contributed by atoms with E-state index in [-0.39, 0.29) is 24.6 Å². The summed E-state index contributed by atoms with van der Waals surface area (Å²) in [7, 11) is 0. The number of carbonyl (C=O) groups is 2. The van der Waals surface area contributed by atoms with E-state index in [1.165, 1.54) is 0 Å². The molecule has 60 valence electrons. The standard InChI is InChI=1S/C8H10O3/c1-3-7(9)5-6-8(10)11-4-2/h1H,4-6H2,2H3. The maximum atomic E-state index is 10.6. The molecule has 0 aliphatic carbocycles. The van der Waals surface area contributed by atoms with Gasteiger partial charge < -0.3 is 4.74 Å². The lowest BCUT2D eigenvalue weighted by atomic mass is 10.2. The van der Waals surface area contributed by atoms with Crippen molar-refractivity contribution in [3.8, 4) is 12.3 Å². The smallest absolute Gasteiger partial charge is 0.306 e. The van der Waals surface area contributed by atoms with Gasteiger partial charge in [0.15, 0.2) is 0 Å². The highest BCUT2D eigenvalue weighted by molar-refractivity contribution is 5.96. The Balaban J connectivity index is 3.48. The van der Waals surface area contributed by atoms with Crippen molar-refractivity contribution in [3.05, 3.63) is 0 Å². The van der Waals surface area contributed by atoms with E-state index in [9.17, 15) is 9.59 Å². The summed E-state index contributed by atoms with van der Waals surface area (Å²) >= 11 is 0. The van der Waals surface area contributed by atoms with Crippen molar-refractivity contribution >= 4 is 11.8 Å². The highest BCUT2D eigenvalue weighted by Gasteiger charge is 2.04. The Labute approximate surface area is 65.7 Å². The van der Waals surface area contributed by atoms with Crippen molar-refractivity contribution < 1.29 is 14.3 Å². The normalized spacial score (nSPS) is 8.36. The molecule has 0 unspecified atom stereocenters. The third-order valence-corrected chi connectivity index (χ3v) is 1.02. The predicted octanol–water partition coefficient (Wildman–Crippen LogP) is 0.532. The van der Waals surface area contributed by atoms with Crippen LogP contribution < -0.4 is 0 Å². The molecule has 3 nitrogen and oxygen atoms in total. The van der Waals surface area contributed by atoms with Gasteiger partial charge >= 0.3 is 5.97 Å². The second kappa shape index (κ2) is 5.48. The maximum absolute atomic E-state index is 10.6. The summed E-state index contributed by atoms with van der Waals surface area (Å²) < 4.78 is 4.58. The molecule has 0 spiro atoms. The minimum atomic E-state index is -0.379. The number of terminal acetylenes is 1. The van der Waals surface area contributed by atoms with E-state index in [4.69, 9.17) is 6.42 Å². The fraction of sp³-hybridized carbons (Fsp3) is 0.500. The van der Waals surface area contributed by atoms with Crippen LogP contribution in [-0.4, -0.2) is 18.4 Å². The molecule has 0 aliphatic heterocycles. The molecule has 0 fully saturated rings. The SMILES string of the molecule is C#CC(=O)CCC(=O)OCC. The minimum Gasteiger partial charge on any atom is -0.466 e. The van der Waals surface area contributed by atoms with Crippen LogP contribution in [0.2, 0.25) is 0 Å². The number of Topliss-reactive ketones (excluding diaryl/α,β-unsaturated/α-hetero) is 1. The van der Waals surface area contributed by atoms with Crippen LogP contribution >= 0.6 is 0 Å². The van der Waals surface area contributed by atoms with Crippen LogP contribution in [0, 0.1) is 12.3 Å². The van der Waals surface area contributed by atoms with Gasteiger partial charge in [0.05, 0.1) is 13.0 Å². The molecule has 0 saturated carbocycles. The highest BCUT2D eigenvalue weighted by atomic mass is 16.5. The van der Waals surface area contributed by atoms with Gasteiger partial charge in [0, 0.05) is 6.42 Å². The Bertz CT molecular complexity index is 188. The van der Waals surface area contributed by atoms with Crippen molar-refractivity contribution in [1.82, 2.24) is 0 Å². The molecule has 0 radical (unpaired) electrons. The summed E-state index contributed by atoms with van der Waals surface area (Å²) in [6, 6.07) is 0. The van der Waals surface area contributed by atoms with Gasteiger partial charge in [-0.1, -0.05) is 0 Å². The predicted molar refractivity (Wildman–Crippen MR) is 39.7 cm³/mol. The van der Waals surface area contributed by atoms with Crippen LogP contribution in [0.4, 0.5) is 0 Å². The first kappa shape index (κ1) is 9.70. The highest BCUT2D eigenvalue weighted by Crippen LogP contribution is 1.92. The van der Waals surface area contributed by atoms with E-state index in [1.807, 2.05) is 5.92 Å². The molecular formula is C8H10O3. The first-order valence-electron chi connectivity index (χ1n) is 3.35. The third kappa shape index (κ3) is 5.16. The van der Waals surface area contributed by atoms with Gasteiger partial charge in [-0.3, -0.25) is 9.59 Å². The van der Waals surface area contributed by atoms with Crippen LogP contribution in [0.1, 0.15) is 19.8 Å². The molecule has 3 heteroatoms. The molecule has 0 aliphatic rings. The van der Waals surface area contributed by atoms with Crippen molar-refractivity contribution in [1.29, 1.82) is 0 Å². The van der Waals surface area contributed by atoms with E-state index in [0.717, 1.165) is 0 Å². The van der Waals surface area contributed by atoms with E-state index in [1.54, 1.807) is 6.92 Å². The zero-order chi connectivity index (χ0) is 8.69. The summed E-state index contributed by atoms with van der Waals surface area (Å²) in [4.78, 5) is 21.1. The molecule has 11 heavy (non-hydrogen) atoms. The summed E-state index contributed by atoms with van der Waals surface area (Å²) in [5.74, 6) is 1.17. The number of ketones is 1. The minimum absolute atomic E-state index is 0.0787. The molecule has 0 aromatic rings.